The number of rotatable bonds is 4. The zero-order valence-corrected chi connectivity index (χ0v) is 20.7. The lowest BCUT2D eigenvalue weighted by molar-refractivity contribution is 0.918. The Labute approximate surface area is 184 Å². The standard InChI is InChI=1S/C30H38/c1-17-13-20(4)29(25(9)23(17)7)12-11-27-16-21(5)30(26(10)24(27)8)28-14-18(2)22(6)19(3)15-28/h13-16H,11-12H2,1-10H3. The molecule has 30 heavy (non-hydrogen) atoms. The van der Waals surface area contributed by atoms with Crippen molar-refractivity contribution >= 4 is 0 Å². The Bertz CT molecular complexity index is 1100. The Kier molecular flexibility index (Phi) is 6.27. The molecular formula is C30H38. The molecule has 0 spiro atoms. The lowest BCUT2D eigenvalue weighted by atomic mass is 9.85. The van der Waals surface area contributed by atoms with Crippen molar-refractivity contribution in [2.45, 2.75) is 82.1 Å². The number of hydrogen-bond acceptors (Lipinski definition) is 0. The molecule has 0 bridgehead atoms. The van der Waals surface area contributed by atoms with Gasteiger partial charge in [0.2, 0.25) is 0 Å². The van der Waals surface area contributed by atoms with Crippen molar-refractivity contribution in [3.63, 3.8) is 0 Å². The summed E-state index contributed by atoms with van der Waals surface area (Å²) in [6, 6.07) is 9.51. The third kappa shape index (κ3) is 3.97. The van der Waals surface area contributed by atoms with Gasteiger partial charge in [0.25, 0.3) is 0 Å². The summed E-state index contributed by atoms with van der Waals surface area (Å²) in [5.74, 6) is 0. The van der Waals surface area contributed by atoms with Crippen LogP contribution < -0.4 is 0 Å². The fraction of sp³-hybridized carbons (Fsp3) is 0.400. The molecule has 0 aromatic heterocycles. The molecule has 0 heterocycles. The summed E-state index contributed by atoms with van der Waals surface area (Å²) in [4.78, 5) is 0. The van der Waals surface area contributed by atoms with Crippen molar-refractivity contribution in [3.05, 3.63) is 91.0 Å². The van der Waals surface area contributed by atoms with Gasteiger partial charge in [-0.3, -0.25) is 0 Å². The van der Waals surface area contributed by atoms with Gasteiger partial charge in [0.15, 0.2) is 0 Å². The van der Waals surface area contributed by atoms with Gasteiger partial charge in [0.05, 0.1) is 0 Å². The van der Waals surface area contributed by atoms with Gasteiger partial charge in [-0.05, 0) is 160 Å². The molecule has 0 nitrogen and oxygen atoms in total. The molecule has 3 rings (SSSR count). The number of hydrogen-bond donors (Lipinski definition) is 0. The SMILES string of the molecule is Cc1cc(-c2c(C)cc(CCc3c(C)cc(C)c(C)c3C)c(C)c2C)cc(C)c1C. The second-order valence-corrected chi connectivity index (χ2v) is 9.45. The molecule has 0 saturated carbocycles. The van der Waals surface area contributed by atoms with Gasteiger partial charge in [0, 0.05) is 0 Å². The Morgan fingerprint density at radius 2 is 1.00 bits per heavy atom. The Morgan fingerprint density at radius 3 is 1.60 bits per heavy atom. The first-order chi connectivity index (χ1) is 14.0. The highest BCUT2D eigenvalue weighted by atomic mass is 14.2. The van der Waals surface area contributed by atoms with E-state index < -0.39 is 0 Å². The molecule has 3 aromatic rings. The fourth-order valence-electron chi connectivity index (χ4n) is 5.03. The van der Waals surface area contributed by atoms with Crippen LogP contribution in [0.1, 0.15) is 66.8 Å². The highest BCUT2D eigenvalue weighted by molar-refractivity contribution is 5.74. The third-order valence-electron chi connectivity index (χ3n) is 7.58. The van der Waals surface area contributed by atoms with E-state index in [0.717, 1.165) is 12.8 Å². The van der Waals surface area contributed by atoms with E-state index in [1.807, 2.05) is 0 Å². The first-order valence-corrected chi connectivity index (χ1v) is 11.3. The smallest absolute Gasteiger partial charge is 0.0122 e. The van der Waals surface area contributed by atoms with Gasteiger partial charge in [-0.25, -0.2) is 0 Å². The molecule has 0 radical (unpaired) electrons. The van der Waals surface area contributed by atoms with Crippen LogP contribution in [-0.4, -0.2) is 0 Å². The zero-order chi connectivity index (χ0) is 22.3. The average Bonchev–Trinajstić information content (AvgIpc) is 2.67. The van der Waals surface area contributed by atoms with Crippen molar-refractivity contribution in [1.29, 1.82) is 0 Å². The van der Waals surface area contributed by atoms with E-state index in [4.69, 9.17) is 0 Å². The van der Waals surface area contributed by atoms with E-state index in [1.165, 1.54) is 77.9 Å². The molecule has 0 N–H and O–H groups in total. The summed E-state index contributed by atoms with van der Waals surface area (Å²) in [6.45, 7) is 22.6. The quantitative estimate of drug-likeness (QED) is 0.415. The molecule has 158 valence electrons. The average molecular weight is 399 g/mol. The minimum Gasteiger partial charge on any atom is -0.0558 e. The molecular weight excluding hydrogens is 360 g/mol. The molecule has 0 aliphatic heterocycles. The van der Waals surface area contributed by atoms with Gasteiger partial charge < -0.3 is 0 Å². The largest absolute Gasteiger partial charge is 0.0558 e. The summed E-state index contributed by atoms with van der Waals surface area (Å²) in [7, 11) is 0. The van der Waals surface area contributed by atoms with Crippen LogP contribution >= 0.6 is 0 Å². The van der Waals surface area contributed by atoms with Crippen LogP contribution in [0.3, 0.4) is 0 Å². The first kappa shape index (κ1) is 22.3. The highest BCUT2D eigenvalue weighted by Gasteiger charge is 2.15. The molecule has 3 aromatic carbocycles. The van der Waals surface area contributed by atoms with E-state index >= 15 is 0 Å². The van der Waals surface area contributed by atoms with Crippen molar-refractivity contribution in [3.8, 4) is 11.1 Å². The minimum atomic E-state index is 1.10. The zero-order valence-electron chi connectivity index (χ0n) is 20.7. The van der Waals surface area contributed by atoms with Gasteiger partial charge in [-0.1, -0.05) is 24.3 Å². The highest BCUT2D eigenvalue weighted by Crippen LogP contribution is 2.34. The molecule has 0 aliphatic rings. The predicted octanol–water partition coefficient (Wildman–Crippen LogP) is 8.22. The summed E-state index contributed by atoms with van der Waals surface area (Å²) < 4.78 is 0. The van der Waals surface area contributed by atoms with E-state index in [-0.39, 0.29) is 0 Å². The van der Waals surface area contributed by atoms with Crippen molar-refractivity contribution in [2.24, 2.45) is 0 Å². The van der Waals surface area contributed by atoms with Crippen molar-refractivity contribution < 1.29 is 0 Å². The maximum absolute atomic E-state index is 2.44. The summed E-state index contributed by atoms with van der Waals surface area (Å²) in [5.41, 5.74) is 20.0. The lowest BCUT2D eigenvalue weighted by Crippen LogP contribution is -2.04. The maximum atomic E-state index is 2.44. The van der Waals surface area contributed by atoms with E-state index in [0.29, 0.717) is 0 Å². The van der Waals surface area contributed by atoms with Crippen LogP contribution in [-0.2, 0) is 12.8 Å². The second kappa shape index (κ2) is 8.42. The third-order valence-corrected chi connectivity index (χ3v) is 7.58. The molecule has 0 fully saturated rings. The van der Waals surface area contributed by atoms with E-state index in [1.54, 1.807) is 0 Å². The lowest BCUT2D eigenvalue weighted by Gasteiger charge is -2.20. The van der Waals surface area contributed by atoms with Gasteiger partial charge in [-0.2, -0.15) is 0 Å². The normalized spacial score (nSPS) is 11.3. The van der Waals surface area contributed by atoms with Crippen LogP contribution in [0.5, 0.6) is 0 Å². The summed E-state index contributed by atoms with van der Waals surface area (Å²) in [6.07, 6.45) is 2.21. The van der Waals surface area contributed by atoms with Crippen LogP contribution in [0.25, 0.3) is 11.1 Å². The van der Waals surface area contributed by atoms with Gasteiger partial charge in [0.1, 0.15) is 0 Å². The Hall–Kier alpha value is -2.34. The summed E-state index contributed by atoms with van der Waals surface area (Å²) in [5, 5.41) is 0. The Morgan fingerprint density at radius 1 is 0.433 bits per heavy atom. The van der Waals surface area contributed by atoms with E-state index in [2.05, 4.69) is 93.5 Å². The maximum Gasteiger partial charge on any atom is -0.0122 e. The van der Waals surface area contributed by atoms with E-state index in [9.17, 15) is 0 Å². The summed E-state index contributed by atoms with van der Waals surface area (Å²) >= 11 is 0. The van der Waals surface area contributed by atoms with Crippen LogP contribution in [0, 0.1) is 69.2 Å². The fourth-order valence-corrected chi connectivity index (χ4v) is 5.03. The second-order valence-electron chi connectivity index (χ2n) is 9.45. The molecule has 0 atom stereocenters. The molecule has 0 unspecified atom stereocenters. The van der Waals surface area contributed by atoms with Crippen LogP contribution in [0.2, 0.25) is 0 Å². The number of benzene rings is 3. The molecule has 0 amide bonds. The monoisotopic (exact) mass is 398 g/mol. The molecule has 0 heteroatoms. The van der Waals surface area contributed by atoms with Crippen LogP contribution in [0.15, 0.2) is 24.3 Å². The molecule has 0 aliphatic carbocycles. The molecule has 0 saturated heterocycles. The minimum absolute atomic E-state index is 1.10. The van der Waals surface area contributed by atoms with Crippen molar-refractivity contribution in [2.75, 3.05) is 0 Å². The topological polar surface area (TPSA) is 0 Å². The van der Waals surface area contributed by atoms with Crippen molar-refractivity contribution in [1.82, 2.24) is 0 Å². The Balaban J connectivity index is 2.00. The van der Waals surface area contributed by atoms with Crippen LogP contribution in [0.4, 0.5) is 0 Å². The van der Waals surface area contributed by atoms with Gasteiger partial charge in [-0.15, -0.1) is 0 Å². The first-order valence-electron chi connectivity index (χ1n) is 11.3. The van der Waals surface area contributed by atoms with Gasteiger partial charge >= 0.3 is 0 Å². The predicted molar refractivity (Wildman–Crippen MR) is 133 cm³/mol. The number of aryl methyl sites for hydroxylation is 6.